The average Bonchev–Trinajstić information content (AvgIpc) is 2.96. The molecule has 0 spiro atoms. The van der Waals surface area contributed by atoms with Crippen LogP contribution < -0.4 is 4.74 Å². The van der Waals surface area contributed by atoms with Crippen molar-refractivity contribution in [2.75, 3.05) is 0 Å². The monoisotopic (exact) mass is 825 g/mol. The number of nitrogens with zero attached hydrogens (tertiary/aromatic N) is 1. The van der Waals surface area contributed by atoms with Crippen molar-refractivity contribution < 1.29 is 47.9 Å². The van der Waals surface area contributed by atoms with E-state index in [0.717, 1.165) is 46.0 Å². The Bertz CT molecular complexity index is 1770. The van der Waals surface area contributed by atoms with Gasteiger partial charge in [0.2, 0.25) is 0 Å². The predicted octanol–water partition coefficient (Wildman–Crippen LogP) is 11.5. The Morgan fingerprint density at radius 1 is 1.00 bits per heavy atom. The minimum absolute atomic E-state index is 0. The molecule has 1 atom stereocenters. The number of hydrogen-bond donors (Lipinski definition) is 1. The third-order valence-electron chi connectivity index (χ3n) is 8.73. The molecule has 0 fully saturated rings. The number of allylic oxidation sites excluding steroid dienone is 2. The molecule has 3 aromatic carbocycles. The first-order chi connectivity index (χ1) is 21.7. The van der Waals surface area contributed by atoms with Gasteiger partial charge in [-0.25, -0.2) is 0 Å². The van der Waals surface area contributed by atoms with Crippen LogP contribution in [-0.4, -0.2) is 22.1 Å². The van der Waals surface area contributed by atoms with E-state index in [4.69, 9.17) is 9.72 Å². The number of hydrogen-bond acceptors (Lipinski definition) is 4. The number of fused-ring (bicyclic) bond motifs is 3. The van der Waals surface area contributed by atoms with Gasteiger partial charge in [0.25, 0.3) is 0 Å². The van der Waals surface area contributed by atoms with Crippen LogP contribution >= 0.6 is 0 Å². The summed E-state index contributed by atoms with van der Waals surface area (Å²) >= 11 is 0. The summed E-state index contributed by atoms with van der Waals surface area (Å²) in [6.07, 6.45) is -0.140. The molecule has 1 N–H and O–H groups in total. The van der Waals surface area contributed by atoms with Crippen molar-refractivity contribution in [3.05, 3.63) is 76.7 Å². The Balaban J connectivity index is 0.000000278. The fraction of sp³-hybridized carbons (Fsp3) is 0.436. The van der Waals surface area contributed by atoms with E-state index in [9.17, 15) is 23.1 Å². The van der Waals surface area contributed by atoms with Gasteiger partial charge in [-0.2, -0.15) is 13.2 Å². The summed E-state index contributed by atoms with van der Waals surface area (Å²) < 4.78 is 43.3. The number of aliphatic hydroxyl groups excluding tert-OH is 1. The molecule has 47 heavy (non-hydrogen) atoms. The van der Waals surface area contributed by atoms with Gasteiger partial charge in [0, 0.05) is 55.3 Å². The van der Waals surface area contributed by atoms with Crippen LogP contribution in [0.1, 0.15) is 82.6 Å². The molecular weight excluding hydrogens is 780 g/mol. The molecule has 255 valence electrons. The number of ether oxygens (including phenoxy) is 1. The first kappa shape index (κ1) is 38.2. The fourth-order valence-electron chi connectivity index (χ4n) is 6.47. The Hall–Kier alpha value is -3.22. The van der Waals surface area contributed by atoms with Crippen LogP contribution in [0.2, 0.25) is 0 Å². The zero-order chi connectivity index (χ0) is 33.9. The van der Waals surface area contributed by atoms with Gasteiger partial charge >= 0.3 is 6.18 Å². The van der Waals surface area contributed by atoms with E-state index in [-0.39, 0.29) is 38.2 Å². The number of aliphatic hydroxyl groups is 1. The van der Waals surface area contributed by atoms with Crippen molar-refractivity contribution in [3.8, 4) is 22.8 Å². The van der Waals surface area contributed by atoms with Crippen LogP contribution in [0.5, 0.6) is 11.5 Å². The molecular formula is C39H45F3IrNO3-. The van der Waals surface area contributed by atoms with Gasteiger partial charge in [-0.3, -0.25) is 9.78 Å². The Kier molecular flexibility index (Phi) is 12.8. The van der Waals surface area contributed by atoms with E-state index < -0.39 is 24.3 Å². The molecule has 0 bridgehead atoms. The van der Waals surface area contributed by atoms with Crippen LogP contribution in [0.25, 0.3) is 32.8 Å². The van der Waals surface area contributed by atoms with Crippen molar-refractivity contribution in [1.29, 1.82) is 0 Å². The molecule has 1 radical (unpaired) electrons. The van der Waals surface area contributed by atoms with Crippen LogP contribution in [0.3, 0.4) is 0 Å². The van der Waals surface area contributed by atoms with Crippen molar-refractivity contribution in [2.45, 2.75) is 93.7 Å². The number of benzene rings is 3. The molecule has 5 rings (SSSR count). The van der Waals surface area contributed by atoms with Crippen molar-refractivity contribution in [2.24, 2.45) is 17.8 Å². The maximum atomic E-state index is 12.2. The average molecular weight is 825 g/mol. The fourth-order valence-corrected chi connectivity index (χ4v) is 6.47. The number of aryl methyl sites for hydroxylation is 3. The minimum atomic E-state index is -4.35. The standard InChI is InChI=1S/C26H24NO.C13H21F3O2.Ir/c1-14(2)8-18-11-19-6-7-27-25-21-13-20-10-15(3)9-16(4)23(20)17(5)26(21)28-22(12-18)24(19)25;1-4-9(5-2)11(17)7-12(18)10(6-3)8-13(14,15)16;/h6-7,9-12,14H,8H2,1-5H3;7,9-10,17H,4-6,8H2,1-3H3;/q-1;;/b;11-7-;. The number of ketones is 1. The normalized spacial score (nSPS) is 13.2. The molecule has 0 saturated carbocycles. The third-order valence-corrected chi connectivity index (χ3v) is 8.73. The summed E-state index contributed by atoms with van der Waals surface area (Å²) in [5.74, 6) is 0.424. The Morgan fingerprint density at radius 2 is 1.66 bits per heavy atom. The van der Waals surface area contributed by atoms with Gasteiger partial charge < -0.3 is 9.84 Å². The maximum Gasteiger partial charge on any atom is 0.389 e. The number of carbonyl (C=O) groups excluding carboxylic acids is 1. The largest absolute Gasteiger partial charge is 0.512 e. The second-order valence-electron chi connectivity index (χ2n) is 12.9. The first-order valence-electron chi connectivity index (χ1n) is 16.2. The van der Waals surface area contributed by atoms with Crippen LogP contribution in [0.4, 0.5) is 13.2 Å². The van der Waals surface area contributed by atoms with Gasteiger partial charge in [0.1, 0.15) is 5.75 Å². The summed E-state index contributed by atoms with van der Waals surface area (Å²) in [5.41, 5.74) is 6.95. The van der Waals surface area contributed by atoms with Crippen molar-refractivity contribution >= 4 is 27.3 Å². The topological polar surface area (TPSA) is 59.4 Å². The van der Waals surface area contributed by atoms with Gasteiger partial charge in [0.05, 0.1) is 17.9 Å². The summed E-state index contributed by atoms with van der Waals surface area (Å²) in [6.45, 7) is 16.2. The quantitative estimate of drug-likeness (QED) is 0.0914. The molecule has 1 aromatic heterocycles. The summed E-state index contributed by atoms with van der Waals surface area (Å²) in [5, 5.41) is 14.3. The van der Waals surface area contributed by atoms with E-state index in [1.807, 2.05) is 20.0 Å². The van der Waals surface area contributed by atoms with E-state index in [1.165, 1.54) is 39.9 Å². The van der Waals surface area contributed by atoms with Crippen LogP contribution in [-0.2, 0) is 31.3 Å². The predicted molar refractivity (Wildman–Crippen MR) is 181 cm³/mol. The van der Waals surface area contributed by atoms with E-state index in [1.54, 1.807) is 0 Å². The summed E-state index contributed by atoms with van der Waals surface area (Å²) in [6, 6.07) is 14.6. The Morgan fingerprint density at radius 3 is 2.26 bits per heavy atom. The molecule has 1 aliphatic rings. The SMILES string of the molecule is CCC(CC(F)(F)F)C(=O)/C=C(\O)C(CC)CC.Cc1cc(C)c2c(C)c3c([c-]c2c1)-c1nccc2cc(CC(C)C)cc(c12)O3.[Ir]. The summed E-state index contributed by atoms with van der Waals surface area (Å²) in [7, 11) is 0. The van der Waals surface area contributed by atoms with Gasteiger partial charge in [-0.05, 0) is 75.5 Å². The maximum absolute atomic E-state index is 12.2. The molecule has 0 saturated heterocycles. The zero-order valence-corrected chi connectivity index (χ0v) is 30.9. The number of aromatic nitrogens is 1. The van der Waals surface area contributed by atoms with Gasteiger partial charge in [0.15, 0.2) is 5.78 Å². The number of rotatable bonds is 9. The van der Waals surface area contributed by atoms with Gasteiger partial charge in [-0.1, -0.05) is 74.4 Å². The molecule has 4 nitrogen and oxygen atoms in total. The van der Waals surface area contributed by atoms with Crippen molar-refractivity contribution in [1.82, 2.24) is 4.98 Å². The van der Waals surface area contributed by atoms with E-state index in [0.29, 0.717) is 18.8 Å². The van der Waals surface area contributed by atoms with Crippen LogP contribution in [0.15, 0.2) is 48.4 Å². The molecule has 8 heteroatoms. The number of carbonyl (C=O) groups is 1. The number of alkyl halides is 3. The second kappa shape index (κ2) is 15.8. The summed E-state index contributed by atoms with van der Waals surface area (Å²) in [4.78, 5) is 16.4. The van der Waals surface area contributed by atoms with Crippen LogP contribution in [0, 0.1) is 44.6 Å². The van der Waals surface area contributed by atoms with E-state index >= 15 is 0 Å². The molecule has 0 amide bonds. The molecule has 4 aromatic rings. The van der Waals surface area contributed by atoms with Crippen molar-refractivity contribution in [3.63, 3.8) is 0 Å². The number of halogens is 3. The zero-order valence-electron chi connectivity index (χ0n) is 28.5. The molecule has 0 aliphatic carbocycles. The van der Waals surface area contributed by atoms with E-state index in [2.05, 4.69) is 71.0 Å². The Labute approximate surface area is 290 Å². The van der Waals surface area contributed by atoms with Gasteiger partial charge in [-0.15, -0.1) is 17.5 Å². The number of pyridine rings is 1. The third kappa shape index (κ3) is 8.83. The smallest absolute Gasteiger partial charge is 0.389 e. The second-order valence-corrected chi connectivity index (χ2v) is 12.9. The molecule has 1 aliphatic heterocycles. The molecule has 1 unspecified atom stereocenters. The minimum Gasteiger partial charge on any atom is -0.512 e. The first-order valence-corrected chi connectivity index (χ1v) is 16.2. The molecule has 2 heterocycles.